The molecule has 0 aliphatic carbocycles. The Morgan fingerprint density at radius 1 is 1.44 bits per heavy atom. The van der Waals surface area contributed by atoms with Crippen LogP contribution in [0.2, 0.25) is 0 Å². The van der Waals surface area contributed by atoms with Gasteiger partial charge in [-0.15, -0.1) is 0 Å². The zero-order valence-electron chi connectivity index (χ0n) is 5.24. The van der Waals surface area contributed by atoms with Crippen LogP contribution in [0.5, 0.6) is 0 Å². The van der Waals surface area contributed by atoms with Crippen LogP contribution in [0.4, 0.5) is 0 Å². The predicted molar refractivity (Wildman–Crippen MR) is 33.8 cm³/mol. The first-order valence-electron chi connectivity index (χ1n) is 2.90. The minimum atomic E-state index is -2.89. The van der Waals surface area contributed by atoms with E-state index in [1.165, 1.54) is 0 Å². The van der Waals surface area contributed by atoms with Gasteiger partial charge in [-0.2, -0.15) is 0 Å². The Bertz CT molecular complexity index is 178. The Morgan fingerprint density at radius 3 is 2.11 bits per heavy atom. The molecule has 1 heterocycles. The largest absolute Gasteiger partial charge is 0.392 e. The highest BCUT2D eigenvalue weighted by Gasteiger charge is 2.32. The predicted octanol–water partition coefficient (Wildman–Crippen LogP) is -0.588. The maximum atomic E-state index is 10.7. The zero-order chi connectivity index (χ0) is 7.07. The number of sulfone groups is 1. The number of hydrogen-bond donors (Lipinski definition) is 1. The summed E-state index contributed by atoms with van der Waals surface area (Å²) in [4.78, 5) is 0. The Labute approximate surface area is 54.6 Å². The fourth-order valence-corrected chi connectivity index (χ4v) is 3.01. The molecule has 1 N–H and O–H groups in total. The lowest BCUT2D eigenvalue weighted by atomic mass is 10.1. The normalized spacial score (nSPS) is 41.1. The smallest absolute Gasteiger partial charge is 0.153 e. The molecule has 0 bridgehead atoms. The molecule has 9 heavy (non-hydrogen) atoms. The summed E-state index contributed by atoms with van der Waals surface area (Å²) in [6.45, 7) is 1.75. The van der Waals surface area contributed by atoms with Gasteiger partial charge < -0.3 is 5.11 Å². The van der Waals surface area contributed by atoms with Gasteiger partial charge in [0.05, 0.1) is 17.6 Å². The Hall–Kier alpha value is -0.0900. The fourth-order valence-electron chi connectivity index (χ4n) is 1.00. The van der Waals surface area contributed by atoms with E-state index in [1.54, 1.807) is 6.92 Å². The van der Waals surface area contributed by atoms with Crippen LogP contribution in [0.15, 0.2) is 0 Å². The van der Waals surface area contributed by atoms with Crippen molar-refractivity contribution in [1.82, 2.24) is 0 Å². The van der Waals surface area contributed by atoms with Crippen molar-refractivity contribution in [3.05, 3.63) is 0 Å². The summed E-state index contributed by atoms with van der Waals surface area (Å²) in [5.41, 5.74) is 0. The van der Waals surface area contributed by atoms with Crippen LogP contribution in [0.1, 0.15) is 6.92 Å². The van der Waals surface area contributed by atoms with E-state index in [2.05, 4.69) is 0 Å². The van der Waals surface area contributed by atoms with Crippen LogP contribution < -0.4 is 0 Å². The zero-order valence-corrected chi connectivity index (χ0v) is 6.06. The van der Waals surface area contributed by atoms with Crippen molar-refractivity contribution in [3.8, 4) is 0 Å². The van der Waals surface area contributed by atoms with Gasteiger partial charge in [0.1, 0.15) is 0 Å². The molecule has 1 saturated heterocycles. The van der Waals surface area contributed by atoms with Crippen LogP contribution >= 0.6 is 0 Å². The summed E-state index contributed by atoms with van der Waals surface area (Å²) >= 11 is 0. The van der Waals surface area contributed by atoms with Crippen LogP contribution in [0, 0.1) is 5.92 Å². The van der Waals surface area contributed by atoms with E-state index < -0.39 is 15.9 Å². The standard InChI is InChI=1S/C5H10O3S/c1-4-2-9(7,8)3-5(4)6/h4-6H,2-3H2,1H3/t4-,5-/m0/s1. The fraction of sp³-hybridized carbons (Fsp3) is 1.00. The van der Waals surface area contributed by atoms with Gasteiger partial charge in [0, 0.05) is 0 Å². The van der Waals surface area contributed by atoms with Crippen molar-refractivity contribution >= 4 is 9.84 Å². The molecule has 54 valence electrons. The third-order valence-electron chi connectivity index (χ3n) is 1.60. The van der Waals surface area contributed by atoms with Crippen LogP contribution in [-0.4, -0.2) is 31.1 Å². The highest BCUT2D eigenvalue weighted by molar-refractivity contribution is 7.91. The van der Waals surface area contributed by atoms with E-state index in [4.69, 9.17) is 5.11 Å². The van der Waals surface area contributed by atoms with Gasteiger partial charge in [0.25, 0.3) is 0 Å². The van der Waals surface area contributed by atoms with Gasteiger partial charge >= 0.3 is 0 Å². The maximum Gasteiger partial charge on any atom is 0.153 e. The molecule has 0 saturated carbocycles. The lowest BCUT2D eigenvalue weighted by Gasteiger charge is -2.01. The van der Waals surface area contributed by atoms with Gasteiger partial charge in [-0.3, -0.25) is 0 Å². The molecule has 0 radical (unpaired) electrons. The average Bonchev–Trinajstić information content (AvgIpc) is 1.79. The first kappa shape index (κ1) is 7.02. The Morgan fingerprint density at radius 2 is 2.00 bits per heavy atom. The van der Waals surface area contributed by atoms with E-state index in [1.807, 2.05) is 0 Å². The molecule has 0 amide bonds. The monoisotopic (exact) mass is 150 g/mol. The summed E-state index contributed by atoms with van der Waals surface area (Å²) in [6.07, 6.45) is -0.630. The second kappa shape index (κ2) is 1.95. The minimum Gasteiger partial charge on any atom is -0.392 e. The van der Waals surface area contributed by atoms with Gasteiger partial charge in [0.2, 0.25) is 0 Å². The van der Waals surface area contributed by atoms with Crippen molar-refractivity contribution in [3.63, 3.8) is 0 Å². The molecular formula is C5H10O3S. The average molecular weight is 150 g/mol. The van der Waals surface area contributed by atoms with E-state index in [9.17, 15) is 8.42 Å². The molecule has 0 unspecified atom stereocenters. The van der Waals surface area contributed by atoms with Crippen molar-refractivity contribution < 1.29 is 13.5 Å². The van der Waals surface area contributed by atoms with Gasteiger partial charge in [0.15, 0.2) is 9.84 Å². The van der Waals surface area contributed by atoms with Crippen LogP contribution in [-0.2, 0) is 9.84 Å². The first-order chi connectivity index (χ1) is 4.01. The SMILES string of the molecule is C[C@H]1CS(=O)(=O)C[C@@H]1O. The topological polar surface area (TPSA) is 54.4 Å². The molecule has 0 aromatic rings. The number of aliphatic hydroxyl groups is 1. The molecule has 1 fully saturated rings. The Kier molecular flexibility index (Phi) is 1.52. The molecule has 0 spiro atoms. The maximum absolute atomic E-state index is 10.7. The van der Waals surface area contributed by atoms with Crippen molar-refractivity contribution in [2.24, 2.45) is 5.92 Å². The molecule has 0 aromatic heterocycles. The lowest BCUT2D eigenvalue weighted by molar-refractivity contribution is 0.159. The first-order valence-corrected chi connectivity index (χ1v) is 4.72. The highest BCUT2D eigenvalue weighted by Crippen LogP contribution is 2.17. The minimum absolute atomic E-state index is 0.0475. The molecule has 3 nitrogen and oxygen atoms in total. The number of aliphatic hydroxyl groups excluding tert-OH is 1. The quantitative estimate of drug-likeness (QED) is 0.502. The van der Waals surface area contributed by atoms with Gasteiger partial charge in [-0.25, -0.2) is 8.42 Å². The summed E-state index contributed by atoms with van der Waals surface area (Å²) < 4.78 is 21.4. The van der Waals surface area contributed by atoms with Crippen molar-refractivity contribution in [2.75, 3.05) is 11.5 Å². The number of hydrogen-bond acceptors (Lipinski definition) is 3. The summed E-state index contributed by atoms with van der Waals surface area (Å²) in [7, 11) is -2.89. The third kappa shape index (κ3) is 1.43. The molecule has 2 atom stereocenters. The van der Waals surface area contributed by atoms with Crippen LogP contribution in [0.3, 0.4) is 0 Å². The summed E-state index contributed by atoms with van der Waals surface area (Å²) in [6, 6.07) is 0. The highest BCUT2D eigenvalue weighted by atomic mass is 32.2. The lowest BCUT2D eigenvalue weighted by Crippen LogP contribution is -2.13. The molecular weight excluding hydrogens is 140 g/mol. The Balaban J connectivity index is 2.77. The van der Waals surface area contributed by atoms with Crippen molar-refractivity contribution in [2.45, 2.75) is 13.0 Å². The van der Waals surface area contributed by atoms with E-state index >= 15 is 0 Å². The second-order valence-electron chi connectivity index (χ2n) is 2.62. The van der Waals surface area contributed by atoms with Crippen molar-refractivity contribution in [1.29, 1.82) is 0 Å². The van der Waals surface area contributed by atoms with Crippen LogP contribution in [0.25, 0.3) is 0 Å². The van der Waals surface area contributed by atoms with E-state index in [-0.39, 0.29) is 17.4 Å². The summed E-state index contributed by atoms with van der Waals surface area (Å²) in [5.74, 6) is 0.0255. The third-order valence-corrected chi connectivity index (χ3v) is 3.48. The molecule has 1 rings (SSSR count). The molecule has 1 aliphatic rings. The van der Waals surface area contributed by atoms with Gasteiger partial charge in [-0.1, -0.05) is 6.92 Å². The molecule has 1 aliphatic heterocycles. The van der Waals surface area contributed by atoms with Gasteiger partial charge in [-0.05, 0) is 5.92 Å². The number of rotatable bonds is 0. The second-order valence-corrected chi connectivity index (χ2v) is 4.78. The van der Waals surface area contributed by atoms with E-state index in [0.29, 0.717) is 0 Å². The summed E-state index contributed by atoms with van der Waals surface area (Å²) in [5, 5.41) is 8.95. The van der Waals surface area contributed by atoms with E-state index in [0.717, 1.165) is 0 Å². The molecule has 0 aromatic carbocycles. The molecule has 4 heteroatoms.